The van der Waals surface area contributed by atoms with Crippen molar-refractivity contribution in [3.8, 4) is 11.8 Å². The van der Waals surface area contributed by atoms with Crippen molar-refractivity contribution in [3.05, 3.63) is 53.9 Å². The van der Waals surface area contributed by atoms with E-state index in [-0.39, 0.29) is 11.9 Å². The van der Waals surface area contributed by atoms with Crippen LogP contribution in [0.3, 0.4) is 0 Å². The molecule has 1 aromatic carbocycles. The molecule has 2 heterocycles. The van der Waals surface area contributed by atoms with Crippen LogP contribution in [0, 0.1) is 11.8 Å². The van der Waals surface area contributed by atoms with Crippen LogP contribution in [0.2, 0.25) is 0 Å². The molecule has 3 rings (SSSR count). The van der Waals surface area contributed by atoms with Gasteiger partial charge in [-0.25, -0.2) is 0 Å². The lowest BCUT2D eigenvalue weighted by Gasteiger charge is -2.26. The third-order valence-electron chi connectivity index (χ3n) is 5.17. The van der Waals surface area contributed by atoms with Crippen LogP contribution >= 0.6 is 0 Å². The fourth-order valence-electron chi connectivity index (χ4n) is 3.55. The van der Waals surface area contributed by atoms with Crippen molar-refractivity contribution in [2.45, 2.75) is 63.5 Å². The SMILES string of the molecule is O=C1CCCC[C@H](/C=C/C(O)Cc2ccccc2)N1CC#CCCCc1nn[nH]n1. The predicted octanol–water partition coefficient (Wildman–Crippen LogP) is 2.46. The summed E-state index contributed by atoms with van der Waals surface area (Å²) in [4.78, 5) is 14.4. The number of nitrogens with zero attached hydrogens (tertiary/aromatic N) is 4. The van der Waals surface area contributed by atoms with Crippen molar-refractivity contribution in [3.63, 3.8) is 0 Å². The second-order valence-electron chi connectivity index (χ2n) is 7.51. The molecule has 0 aliphatic carbocycles. The van der Waals surface area contributed by atoms with E-state index in [0.717, 1.165) is 44.1 Å². The highest BCUT2D eigenvalue weighted by Gasteiger charge is 2.23. The standard InChI is InChI=1S/C23H29N5O2/c29-21(18-19-10-4-3-5-11-19)16-15-20-12-7-8-14-23(30)28(20)17-9-2-1-6-13-22-24-26-27-25-22/h3-5,10-11,15-16,20-21,29H,1,6-8,12-14,17-18H2,(H,24,25,26,27)/b16-15+/t20-,21?/m1/s1. The number of aliphatic hydroxyl groups excluding tert-OH is 1. The molecule has 0 spiro atoms. The van der Waals surface area contributed by atoms with Crippen LogP contribution in [0.4, 0.5) is 0 Å². The highest BCUT2D eigenvalue weighted by atomic mass is 16.3. The maximum atomic E-state index is 12.6. The van der Waals surface area contributed by atoms with Gasteiger partial charge in [0.05, 0.1) is 18.7 Å². The van der Waals surface area contributed by atoms with Crippen LogP contribution in [0.15, 0.2) is 42.5 Å². The van der Waals surface area contributed by atoms with E-state index in [0.29, 0.717) is 25.2 Å². The fourth-order valence-corrected chi connectivity index (χ4v) is 3.55. The summed E-state index contributed by atoms with van der Waals surface area (Å²) in [6.45, 7) is 0.421. The number of hydrogen-bond donors (Lipinski definition) is 2. The van der Waals surface area contributed by atoms with Gasteiger partial charge in [0.2, 0.25) is 5.91 Å². The molecule has 158 valence electrons. The average molecular weight is 408 g/mol. The summed E-state index contributed by atoms with van der Waals surface area (Å²) in [6.07, 6.45) is 9.50. The van der Waals surface area contributed by atoms with Crippen molar-refractivity contribution in [2.75, 3.05) is 6.54 Å². The average Bonchev–Trinajstić information content (AvgIpc) is 3.21. The van der Waals surface area contributed by atoms with Gasteiger partial charge in [-0.3, -0.25) is 4.79 Å². The van der Waals surface area contributed by atoms with Gasteiger partial charge in [-0.2, -0.15) is 5.21 Å². The summed E-state index contributed by atoms with van der Waals surface area (Å²) in [6, 6.07) is 9.91. The second kappa shape index (κ2) is 11.9. The van der Waals surface area contributed by atoms with Crippen molar-refractivity contribution in [1.29, 1.82) is 0 Å². The van der Waals surface area contributed by atoms with Gasteiger partial charge in [0.15, 0.2) is 5.82 Å². The number of carbonyl (C=O) groups is 1. The van der Waals surface area contributed by atoms with Crippen LogP contribution in [-0.4, -0.2) is 55.2 Å². The highest BCUT2D eigenvalue weighted by molar-refractivity contribution is 5.77. The van der Waals surface area contributed by atoms with E-state index < -0.39 is 6.10 Å². The van der Waals surface area contributed by atoms with E-state index >= 15 is 0 Å². The first-order valence-electron chi connectivity index (χ1n) is 10.6. The Morgan fingerprint density at radius 1 is 1.27 bits per heavy atom. The quantitative estimate of drug-likeness (QED) is 0.398. The number of H-pyrrole nitrogens is 1. The number of rotatable bonds is 8. The first-order valence-corrected chi connectivity index (χ1v) is 10.6. The molecule has 7 nitrogen and oxygen atoms in total. The zero-order valence-corrected chi connectivity index (χ0v) is 17.2. The van der Waals surface area contributed by atoms with Crippen molar-refractivity contribution in [1.82, 2.24) is 25.5 Å². The molecule has 1 amide bonds. The number of amides is 1. The van der Waals surface area contributed by atoms with E-state index in [2.05, 4.69) is 32.5 Å². The van der Waals surface area contributed by atoms with E-state index in [1.165, 1.54) is 0 Å². The number of hydrogen-bond acceptors (Lipinski definition) is 5. The summed E-state index contributed by atoms with van der Waals surface area (Å²) in [5.74, 6) is 7.13. The Kier molecular flexibility index (Phi) is 8.61. The number of unbranched alkanes of at least 4 members (excludes halogenated alkanes) is 1. The van der Waals surface area contributed by atoms with Crippen LogP contribution in [0.5, 0.6) is 0 Å². The number of aliphatic hydroxyl groups is 1. The predicted molar refractivity (Wildman–Crippen MR) is 114 cm³/mol. The molecular formula is C23H29N5O2. The fraction of sp³-hybridized carbons (Fsp3) is 0.478. The Labute approximate surface area is 177 Å². The zero-order chi connectivity index (χ0) is 21.0. The van der Waals surface area contributed by atoms with Crippen molar-refractivity contribution in [2.24, 2.45) is 0 Å². The number of aromatic amines is 1. The molecule has 1 fully saturated rings. The highest BCUT2D eigenvalue weighted by Crippen LogP contribution is 2.19. The Hall–Kier alpha value is -2.98. The number of aromatic nitrogens is 4. The molecule has 0 radical (unpaired) electrons. The minimum absolute atomic E-state index is 0.0148. The van der Waals surface area contributed by atoms with E-state index in [1.807, 2.05) is 47.4 Å². The van der Waals surface area contributed by atoms with E-state index in [9.17, 15) is 9.90 Å². The largest absolute Gasteiger partial charge is 0.389 e. The lowest BCUT2D eigenvalue weighted by Crippen LogP contribution is -2.38. The van der Waals surface area contributed by atoms with Gasteiger partial charge < -0.3 is 10.0 Å². The van der Waals surface area contributed by atoms with Gasteiger partial charge in [0.1, 0.15) is 0 Å². The first-order chi connectivity index (χ1) is 14.7. The monoisotopic (exact) mass is 407 g/mol. The maximum absolute atomic E-state index is 12.6. The molecule has 0 saturated carbocycles. The Morgan fingerprint density at radius 3 is 2.93 bits per heavy atom. The van der Waals surface area contributed by atoms with Crippen LogP contribution in [-0.2, 0) is 17.6 Å². The summed E-state index contributed by atoms with van der Waals surface area (Å²) in [7, 11) is 0. The molecule has 2 aromatic rings. The van der Waals surface area contributed by atoms with Gasteiger partial charge >= 0.3 is 0 Å². The lowest BCUT2D eigenvalue weighted by atomic mass is 10.0. The maximum Gasteiger partial charge on any atom is 0.223 e. The number of aryl methyl sites for hydroxylation is 1. The van der Waals surface area contributed by atoms with Gasteiger partial charge in [-0.05, 0) is 24.8 Å². The van der Waals surface area contributed by atoms with Crippen LogP contribution in [0.25, 0.3) is 0 Å². The number of tetrazole rings is 1. The number of carbonyl (C=O) groups excluding carboxylic acids is 1. The number of likely N-dealkylation sites (tertiary alicyclic amines) is 1. The topological polar surface area (TPSA) is 95.0 Å². The van der Waals surface area contributed by atoms with Gasteiger partial charge in [0.25, 0.3) is 0 Å². The Bertz CT molecular complexity index is 855. The zero-order valence-electron chi connectivity index (χ0n) is 17.2. The van der Waals surface area contributed by atoms with Gasteiger partial charge in [0, 0.05) is 25.7 Å². The molecule has 2 N–H and O–H groups in total. The van der Waals surface area contributed by atoms with E-state index in [1.54, 1.807) is 0 Å². The molecule has 2 atom stereocenters. The number of benzene rings is 1. The Morgan fingerprint density at radius 2 is 2.13 bits per heavy atom. The minimum atomic E-state index is -0.566. The molecule has 30 heavy (non-hydrogen) atoms. The van der Waals surface area contributed by atoms with Crippen molar-refractivity contribution >= 4 is 5.91 Å². The molecule has 1 aromatic heterocycles. The molecule has 0 bridgehead atoms. The second-order valence-corrected chi connectivity index (χ2v) is 7.51. The Balaban J connectivity index is 1.52. The minimum Gasteiger partial charge on any atom is -0.389 e. The van der Waals surface area contributed by atoms with Crippen molar-refractivity contribution < 1.29 is 9.90 Å². The first kappa shape index (κ1) is 21.7. The number of nitrogens with one attached hydrogen (secondary N) is 1. The third-order valence-corrected chi connectivity index (χ3v) is 5.17. The smallest absolute Gasteiger partial charge is 0.223 e. The van der Waals surface area contributed by atoms with Crippen LogP contribution < -0.4 is 0 Å². The summed E-state index contributed by atoms with van der Waals surface area (Å²) in [5.41, 5.74) is 1.09. The molecule has 1 saturated heterocycles. The van der Waals surface area contributed by atoms with Gasteiger partial charge in [-0.1, -0.05) is 60.0 Å². The van der Waals surface area contributed by atoms with E-state index in [4.69, 9.17) is 0 Å². The molecular weight excluding hydrogens is 378 g/mol. The normalized spacial score (nSPS) is 18.1. The summed E-state index contributed by atoms with van der Waals surface area (Å²) >= 11 is 0. The van der Waals surface area contributed by atoms with Gasteiger partial charge in [-0.15, -0.1) is 16.1 Å². The molecule has 1 unspecified atom stereocenters. The lowest BCUT2D eigenvalue weighted by molar-refractivity contribution is -0.131. The van der Waals surface area contributed by atoms with Crippen LogP contribution in [0.1, 0.15) is 49.9 Å². The summed E-state index contributed by atoms with van der Waals surface area (Å²) < 4.78 is 0. The summed E-state index contributed by atoms with van der Waals surface area (Å²) in [5, 5.41) is 24.2. The molecule has 1 aliphatic rings. The third kappa shape index (κ3) is 7.12. The molecule has 1 aliphatic heterocycles. The molecule has 7 heteroatoms.